The van der Waals surface area contributed by atoms with Crippen LogP contribution in [0.2, 0.25) is 0 Å². The monoisotopic (exact) mass is 897 g/mol. The summed E-state index contributed by atoms with van der Waals surface area (Å²) >= 11 is 0. The molecule has 0 saturated carbocycles. The highest BCUT2D eigenvalue weighted by Gasteiger charge is 2.24. The molecule has 3 atom stereocenters. The number of likely N-dealkylation sites (N-methyl/N-ethyl adjacent to an activating group) is 1. The summed E-state index contributed by atoms with van der Waals surface area (Å²) in [6.45, 7) is 4.73. The Bertz CT molecular complexity index is 1060. The molecule has 0 aromatic heterocycles. The molecule has 0 radical (unpaired) electrons. The van der Waals surface area contributed by atoms with Crippen LogP contribution < -0.4 is 10.2 Å². The standard InChI is InChI=1S/C53H105N2O6P/c1-6-8-10-12-14-16-18-20-22-23-24-25-26-27-28-29-30-31-33-35-37-39-41-43-45-47-53(57)54-51(50-61-62(58,59)60-49-48-55(3,4)5)52(56)46-44-42-40-38-36-34-32-21-19-17-15-13-11-9-7-2/h18,20,23-24,51-52,56H,6-17,19,21-22,25-50H2,1-5H3,(H-,54,57,58,59)/b20-18-,24-23-. The van der Waals surface area contributed by atoms with Gasteiger partial charge in [0.1, 0.15) is 13.2 Å². The first-order valence-corrected chi connectivity index (χ1v) is 28.1. The number of amides is 1. The van der Waals surface area contributed by atoms with Crippen molar-refractivity contribution in [3.05, 3.63) is 24.3 Å². The Hall–Kier alpha value is -1.02. The summed E-state index contributed by atoms with van der Waals surface area (Å²) in [5.41, 5.74) is 0. The van der Waals surface area contributed by atoms with Crippen molar-refractivity contribution in [3.63, 3.8) is 0 Å². The molecule has 9 heteroatoms. The number of aliphatic hydroxyl groups excluding tert-OH is 1. The summed E-state index contributed by atoms with van der Waals surface area (Å²) in [4.78, 5) is 25.5. The van der Waals surface area contributed by atoms with E-state index in [2.05, 4.69) is 43.5 Å². The van der Waals surface area contributed by atoms with Gasteiger partial charge < -0.3 is 28.8 Å². The fourth-order valence-corrected chi connectivity index (χ4v) is 8.68. The lowest BCUT2D eigenvalue weighted by molar-refractivity contribution is -0.870. The number of hydrogen-bond donors (Lipinski definition) is 2. The molecule has 0 fully saturated rings. The van der Waals surface area contributed by atoms with Crippen LogP contribution in [0.5, 0.6) is 0 Å². The number of aliphatic hydroxyl groups is 1. The topological polar surface area (TPSA) is 108 Å². The molecule has 0 aliphatic heterocycles. The first kappa shape index (κ1) is 61.0. The molecule has 0 aliphatic rings. The van der Waals surface area contributed by atoms with Gasteiger partial charge in [0.15, 0.2) is 0 Å². The Balaban J connectivity index is 4.16. The molecule has 0 aromatic rings. The summed E-state index contributed by atoms with van der Waals surface area (Å²) in [5.74, 6) is -0.163. The van der Waals surface area contributed by atoms with Crippen molar-refractivity contribution in [1.82, 2.24) is 5.32 Å². The molecule has 0 rings (SSSR count). The molecule has 2 N–H and O–H groups in total. The SMILES string of the molecule is CCCCCCC/C=C\C/C=C\CCCCCCCCCCCCCCCC(=O)NC(COP(=O)([O-])OCC[N+](C)(C)C)C(O)CCCCCCCCCCCCCCCCC. The predicted octanol–water partition coefficient (Wildman–Crippen LogP) is 15.0. The van der Waals surface area contributed by atoms with E-state index in [-0.39, 0.29) is 19.1 Å². The second-order valence-electron chi connectivity index (χ2n) is 19.6. The molecule has 368 valence electrons. The van der Waals surface area contributed by atoms with Crippen LogP contribution in [0.1, 0.15) is 258 Å². The van der Waals surface area contributed by atoms with Crippen LogP contribution in [0.15, 0.2) is 24.3 Å². The van der Waals surface area contributed by atoms with Crippen molar-refractivity contribution in [3.8, 4) is 0 Å². The number of allylic oxidation sites excluding steroid dienone is 4. The Morgan fingerprint density at radius 3 is 1.34 bits per heavy atom. The van der Waals surface area contributed by atoms with Crippen LogP contribution in [-0.4, -0.2) is 68.5 Å². The van der Waals surface area contributed by atoms with Gasteiger partial charge in [-0.3, -0.25) is 9.36 Å². The number of phosphoric acid groups is 1. The first-order chi connectivity index (χ1) is 30.0. The van der Waals surface area contributed by atoms with E-state index in [1.165, 1.54) is 186 Å². The largest absolute Gasteiger partial charge is 0.756 e. The van der Waals surface area contributed by atoms with Gasteiger partial charge in [-0.2, -0.15) is 0 Å². The third-order valence-corrected chi connectivity index (χ3v) is 13.2. The summed E-state index contributed by atoms with van der Waals surface area (Å²) in [7, 11) is 1.31. The number of phosphoric ester groups is 1. The molecule has 62 heavy (non-hydrogen) atoms. The minimum absolute atomic E-state index is 0.0134. The van der Waals surface area contributed by atoms with E-state index in [4.69, 9.17) is 9.05 Å². The Kier molecular flexibility index (Phi) is 44.4. The van der Waals surface area contributed by atoms with Gasteiger partial charge in [-0.25, -0.2) is 0 Å². The van der Waals surface area contributed by atoms with Gasteiger partial charge in [-0.05, 0) is 44.9 Å². The van der Waals surface area contributed by atoms with Crippen molar-refractivity contribution >= 4 is 13.7 Å². The normalized spacial score (nSPS) is 14.2. The van der Waals surface area contributed by atoms with Crippen LogP contribution >= 0.6 is 7.82 Å². The number of quaternary nitrogens is 1. The molecule has 3 unspecified atom stereocenters. The quantitative estimate of drug-likeness (QED) is 0.0273. The number of hydrogen-bond acceptors (Lipinski definition) is 6. The van der Waals surface area contributed by atoms with E-state index in [1.54, 1.807) is 0 Å². The van der Waals surface area contributed by atoms with Crippen LogP contribution in [0.25, 0.3) is 0 Å². The summed E-state index contributed by atoms with van der Waals surface area (Å²) in [6.07, 6.45) is 54.8. The van der Waals surface area contributed by atoms with Crippen LogP contribution in [0.3, 0.4) is 0 Å². The fraction of sp³-hybridized carbons (Fsp3) is 0.906. The highest BCUT2D eigenvalue weighted by molar-refractivity contribution is 7.45. The first-order valence-electron chi connectivity index (χ1n) is 26.7. The molecule has 0 spiro atoms. The minimum atomic E-state index is -4.57. The maximum absolute atomic E-state index is 12.9. The van der Waals surface area contributed by atoms with Crippen molar-refractivity contribution in [1.29, 1.82) is 0 Å². The van der Waals surface area contributed by atoms with Crippen molar-refractivity contribution in [2.45, 2.75) is 270 Å². The third-order valence-electron chi connectivity index (χ3n) is 12.2. The molecular weight excluding hydrogens is 792 g/mol. The molecule has 8 nitrogen and oxygen atoms in total. The Morgan fingerprint density at radius 2 is 0.935 bits per heavy atom. The highest BCUT2D eigenvalue weighted by atomic mass is 31.2. The maximum atomic E-state index is 12.9. The molecule has 0 bridgehead atoms. The Labute approximate surface area is 385 Å². The minimum Gasteiger partial charge on any atom is -0.756 e. The van der Waals surface area contributed by atoms with E-state index in [0.29, 0.717) is 23.9 Å². The van der Waals surface area contributed by atoms with Crippen molar-refractivity contribution < 1.29 is 32.9 Å². The van der Waals surface area contributed by atoms with Crippen LogP contribution in [0, 0.1) is 0 Å². The smallest absolute Gasteiger partial charge is 0.268 e. The lowest BCUT2D eigenvalue weighted by atomic mass is 10.0. The van der Waals surface area contributed by atoms with Crippen molar-refractivity contribution in [2.24, 2.45) is 0 Å². The maximum Gasteiger partial charge on any atom is 0.268 e. The summed E-state index contributed by atoms with van der Waals surface area (Å²) < 4.78 is 23.4. The molecule has 1 amide bonds. The number of rotatable bonds is 49. The molecule has 0 aromatic carbocycles. The third kappa shape index (κ3) is 47.0. The fourth-order valence-electron chi connectivity index (χ4n) is 7.95. The van der Waals surface area contributed by atoms with Crippen LogP contribution in [-0.2, 0) is 18.4 Å². The van der Waals surface area contributed by atoms with E-state index in [0.717, 1.165) is 44.9 Å². The number of carbonyl (C=O) groups is 1. The zero-order valence-corrected chi connectivity index (χ0v) is 42.7. The van der Waals surface area contributed by atoms with E-state index in [9.17, 15) is 19.4 Å². The number of unbranched alkanes of at least 4 members (excludes halogenated alkanes) is 32. The van der Waals surface area contributed by atoms with E-state index in [1.807, 2.05) is 21.1 Å². The summed E-state index contributed by atoms with van der Waals surface area (Å²) in [5, 5.41) is 14.0. The lowest BCUT2D eigenvalue weighted by Gasteiger charge is -2.30. The van der Waals surface area contributed by atoms with Gasteiger partial charge in [0.05, 0.1) is 39.9 Å². The second-order valence-corrected chi connectivity index (χ2v) is 21.0. The van der Waals surface area contributed by atoms with E-state index < -0.39 is 20.0 Å². The average Bonchev–Trinajstić information content (AvgIpc) is 3.23. The van der Waals surface area contributed by atoms with Gasteiger partial charge >= 0.3 is 0 Å². The number of carbonyl (C=O) groups excluding carboxylic acids is 1. The Morgan fingerprint density at radius 1 is 0.565 bits per heavy atom. The highest BCUT2D eigenvalue weighted by Crippen LogP contribution is 2.38. The zero-order chi connectivity index (χ0) is 45.7. The molecule has 0 heterocycles. The summed E-state index contributed by atoms with van der Waals surface area (Å²) in [6, 6.07) is -0.798. The average molecular weight is 897 g/mol. The second kappa shape index (κ2) is 45.1. The molecule has 0 aliphatic carbocycles. The van der Waals surface area contributed by atoms with Gasteiger partial charge in [0, 0.05) is 6.42 Å². The van der Waals surface area contributed by atoms with Gasteiger partial charge in [0.2, 0.25) is 5.91 Å². The number of nitrogens with zero attached hydrogens (tertiary/aromatic N) is 1. The van der Waals surface area contributed by atoms with E-state index >= 15 is 0 Å². The number of nitrogens with one attached hydrogen (secondary N) is 1. The zero-order valence-electron chi connectivity index (χ0n) is 41.8. The lowest BCUT2D eigenvalue weighted by Crippen LogP contribution is -2.46. The molecule has 0 saturated heterocycles. The van der Waals surface area contributed by atoms with Crippen LogP contribution in [0.4, 0.5) is 0 Å². The van der Waals surface area contributed by atoms with Crippen molar-refractivity contribution in [2.75, 3.05) is 40.9 Å². The predicted molar refractivity (Wildman–Crippen MR) is 265 cm³/mol. The molecular formula is C53H105N2O6P. The van der Waals surface area contributed by atoms with Gasteiger partial charge in [-0.15, -0.1) is 0 Å². The van der Waals surface area contributed by atoms with Gasteiger partial charge in [0.25, 0.3) is 7.82 Å². The van der Waals surface area contributed by atoms with Gasteiger partial charge in [-0.1, -0.05) is 231 Å².